The summed E-state index contributed by atoms with van der Waals surface area (Å²) in [4.78, 5) is 40.3. The number of phenolic OH excluding ortho intramolecular Hbond substituents is 1. The monoisotopic (exact) mass is 485 g/mol. The number of nitrogens with two attached hydrogens (primary N) is 1. The van der Waals surface area contributed by atoms with Gasteiger partial charge in [-0.1, -0.05) is 13.3 Å². The van der Waals surface area contributed by atoms with E-state index >= 15 is 0 Å². The predicted molar refractivity (Wildman–Crippen MR) is 128 cm³/mol. The van der Waals surface area contributed by atoms with Crippen molar-refractivity contribution in [3.05, 3.63) is 40.2 Å². The number of nitrogens with one attached hydrogen (secondary N) is 1. The van der Waals surface area contributed by atoms with Gasteiger partial charge in [0.05, 0.1) is 11.6 Å². The Bertz CT molecular complexity index is 1190. The van der Waals surface area contributed by atoms with Gasteiger partial charge in [0.15, 0.2) is 11.4 Å². The Hall–Kier alpha value is -3.37. The first-order chi connectivity index (χ1) is 16.5. The fourth-order valence-electron chi connectivity index (χ4n) is 5.81. The highest BCUT2D eigenvalue weighted by atomic mass is 16.3. The maximum atomic E-state index is 13.8. The van der Waals surface area contributed by atoms with E-state index in [0.29, 0.717) is 17.8 Å². The fourth-order valence-corrected chi connectivity index (χ4v) is 5.81. The normalized spacial score (nSPS) is 28.1. The largest absolute Gasteiger partial charge is 0.508 e. The van der Waals surface area contributed by atoms with Gasteiger partial charge in [-0.15, -0.1) is 0 Å². The number of anilines is 1. The van der Waals surface area contributed by atoms with Crippen LogP contribution in [0.15, 0.2) is 29.0 Å². The zero-order chi connectivity index (χ0) is 25.8. The van der Waals surface area contributed by atoms with Crippen LogP contribution in [0, 0.1) is 11.8 Å². The molecule has 1 aromatic carbocycles. The summed E-state index contributed by atoms with van der Waals surface area (Å²) in [6, 6.07) is 2.03. The number of amides is 1. The summed E-state index contributed by atoms with van der Waals surface area (Å²) in [5.41, 5.74) is 3.15. The van der Waals surface area contributed by atoms with E-state index in [9.17, 15) is 34.8 Å². The molecule has 10 nitrogen and oxygen atoms in total. The van der Waals surface area contributed by atoms with Gasteiger partial charge in [0, 0.05) is 23.7 Å². The van der Waals surface area contributed by atoms with Crippen molar-refractivity contribution in [3.63, 3.8) is 0 Å². The lowest BCUT2D eigenvalue weighted by Crippen LogP contribution is -2.65. The standard InChI is InChI=1S/C25H31N3O7/c1-4-5-8-27-14-6-7-15(29)17-12(14)9-11-10-13-19(28(2)3)21(31)18(24(26)34)23(33)25(13,35)22(32)16(11)20(17)30/h6-7,11,13,19,27,29-30,33,35H,4-5,8-10H2,1-3H3,(H2,26,34)/t11?,13?,19-,25-/m0/s1. The number of nitrogens with zero attached hydrogens (tertiary/aromatic N) is 1. The third kappa shape index (κ3) is 3.51. The molecule has 0 bridgehead atoms. The first kappa shape index (κ1) is 24.7. The number of Topliss-reactive ketones (excluding diaryl/α,β-unsaturated/α-hetero) is 2. The zero-order valence-corrected chi connectivity index (χ0v) is 20.0. The highest BCUT2D eigenvalue weighted by molar-refractivity contribution is 6.24. The Morgan fingerprint density at radius 3 is 2.51 bits per heavy atom. The summed E-state index contributed by atoms with van der Waals surface area (Å²) >= 11 is 0. The van der Waals surface area contributed by atoms with Crippen LogP contribution in [0.4, 0.5) is 5.69 Å². The maximum absolute atomic E-state index is 13.8. The molecule has 7 N–H and O–H groups in total. The van der Waals surface area contributed by atoms with E-state index in [0.717, 1.165) is 12.8 Å². The van der Waals surface area contributed by atoms with Crippen molar-refractivity contribution in [1.82, 2.24) is 4.90 Å². The number of aliphatic hydroxyl groups excluding tert-OH is 2. The number of ketones is 2. The SMILES string of the molecule is CCCCNc1ccc(O)c2c1CC1CC3[C@H](N(C)C)C(=O)C(C(N)=O)=C(O)[C@@]3(O)C(=O)C1=C2O. The highest BCUT2D eigenvalue weighted by Gasteiger charge is 2.64. The molecule has 10 heteroatoms. The number of aromatic hydroxyl groups is 1. The minimum absolute atomic E-state index is 0.0653. The van der Waals surface area contributed by atoms with Gasteiger partial charge in [0.1, 0.15) is 22.8 Å². The molecular weight excluding hydrogens is 454 g/mol. The van der Waals surface area contributed by atoms with Crippen LogP contribution in [0.5, 0.6) is 5.75 Å². The van der Waals surface area contributed by atoms with Crippen molar-refractivity contribution in [1.29, 1.82) is 0 Å². The summed E-state index contributed by atoms with van der Waals surface area (Å²) < 4.78 is 0. The molecule has 1 fully saturated rings. The molecule has 4 rings (SSSR count). The van der Waals surface area contributed by atoms with Crippen LogP contribution in [0.3, 0.4) is 0 Å². The van der Waals surface area contributed by atoms with E-state index in [1.54, 1.807) is 20.2 Å². The van der Waals surface area contributed by atoms with E-state index in [2.05, 4.69) is 12.2 Å². The first-order valence-electron chi connectivity index (χ1n) is 11.7. The van der Waals surface area contributed by atoms with Crippen molar-refractivity contribution >= 4 is 28.9 Å². The molecule has 0 aromatic heterocycles. The summed E-state index contributed by atoms with van der Waals surface area (Å²) in [7, 11) is 3.14. The van der Waals surface area contributed by atoms with Crippen LogP contribution in [-0.2, 0) is 20.8 Å². The van der Waals surface area contributed by atoms with Crippen LogP contribution in [0.25, 0.3) is 5.76 Å². The molecule has 2 unspecified atom stereocenters. The molecule has 1 amide bonds. The van der Waals surface area contributed by atoms with Crippen LogP contribution >= 0.6 is 0 Å². The van der Waals surface area contributed by atoms with E-state index < -0.39 is 58.0 Å². The molecule has 0 aliphatic heterocycles. The third-order valence-corrected chi connectivity index (χ3v) is 7.45. The molecule has 0 saturated heterocycles. The lowest BCUT2D eigenvalue weighted by molar-refractivity contribution is -0.153. The molecular formula is C25H31N3O7. The molecule has 35 heavy (non-hydrogen) atoms. The average molecular weight is 486 g/mol. The summed E-state index contributed by atoms with van der Waals surface area (Å²) in [6.07, 6.45) is 2.22. The molecule has 1 aromatic rings. The Labute approximate surface area is 202 Å². The van der Waals surface area contributed by atoms with E-state index in [1.807, 2.05) is 0 Å². The number of phenols is 1. The molecule has 3 aliphatic carbocycles. The number of fused-ring (bicyclic) bond motifs is 3. The molecule has 4 atom stereocenters. The first-order valence-corrected chi connectivity index (χ1v) is 11.7. The quantitative estimate of drug-likeness (QED) is 0.196. The van der Waals surface area contributed by atoms with Gasteiger partial charge in [-0.3, -0.25) is 19.3 Å². The lowest BCUT2D eigenvalue weighted by atomic mass is 9.57. The molecule has 0 spiro atoms. The number of aliphatic hydroxyl groups is 3. The minimum atomic E-state index is -2.63. The van der Waals surface area contributed by atoms with Crippen molar-refractivity contribution in [3.8, 4) is 5.75 Å². The third-order valence-electron chi connectivity index (χ3n) is 7.45. The number of unbranched alkanes of at least 4 members (excludes halogenated alkanes) is 1. The summed E-state index contributed by atoms with van der Waals surface area (Å²) in [5, 5.41) is 47.5. The fraction of sp³-hybridized carbons (Fsp3) is 0.480. The number of likely N-dealkylation sites (N-methyl/N-ethyl adjacent to an activating group) is 1. The Balaban J connectivity index is 1.91. The topological polar surface area (TPSA) is 173 Å². The number of primary amides is 1. The molecule has 0 radical (unpaired) electrons. The lowest BCUT2D eigenvalue weighted by Gasteiger charge is -2.50. The molecule has 1 saturated carbocycles. The van der Waals surface area contributed by atoms with Gasteiger partial charge in [0.25, 0.3) is 5.91 Å². The van der Waals surface area contributed by atoms with Crippen LogP contribution in [0.1, 0.15) is 37.3 Å². The zero-order valence-electron chi connectivity index (χ0n) is 20.0. The smallest absolute Gasteiger partial charge is 0.255 e. The summed E-state index contributed by atoms with van der Waals surface area (Å²) in [6.45, 7) is 2.74. The molecule has 0 heterocycles. The Kier molecular flexibility index (Phi) is 6.14. The maximum Gasteiger partial charge on any atom is 0.255 e. The number of carbonyl (C=O) groups excluding carboxylic acids is 3. The number of carbonyl (C=O) groups is 3. The molecule has 3 aliphatic rings. The van der Waals surface area contributed by atoms with E-state index in [1.165, 1.54) is 11.0 Å². The van der Waals surface area contributed by atoms with Gasteiger partial charge in [-0.05, 0) is 57.0 Å². The van der Waals surface area contributed by atoms with Crippen molar-refractivity contribution < 1.29 is 34.8 Å². The van der Waals surface area contributed by atoms with Gasteiger partial charge < -0.3 is 31.5 Å². The van der Waals surface area contributed by atoms with Crippen molar-refractivity contribution in [2.24, 2.45) is 17.6 Å². The van der Waals surface area contributed by atoms with Gasteiger partial charge >= 0.3 is 0 Å². The van der Waals surface area contributed by atoms with Crippen LogP contribution < -0.4 is 11.1 Å². The second kappa shape index (κ2) is 8.69. The van der Waals surface area contributed by atoms with Gasteiger partial charge in [-0.25, -0.2) is 0 Å². The summed E-state index contributed by atoms with van der Waals surface area (Å²) in [5.74, 6) is -6.52. The Morgan fingerprint density at radius 1 is 1.23 bits per heavy atom. The van der Waals surface area contributed by atoms with E-state index in [-0.39, 0.29) is 29.7 Å². The second-order valence-electron chi connectivity index (χ2n) is 9.73. The minimum Gasteiger partial charge on any atom is -0.508 e. The number of hydrogen-bond acceptors (Lipinski definition) is 9. The van der Waals surface area contributed by atoms with Crippen molar-refractivity contribution in [2.75, 3.05) is 26.0 Å². The van der Waals surface area contributed by atoms with Gasteiger partial charge in [-0.2, -0.15) is 0 Å². The van der Waals surface area contributed by atoms with Crippen molar-refractivity contribution in [2.45, 2.75) is 44.2 Å². The number of rotatable bonds is 6. The van der Waals surface area contributed by atoms with Gasteiger partial charge in [0.2, 0.25) is 5.78 Å². The Morgan fingerprint density at radius 2 is 1.91 bits per heavy atom. The average Bonchev–Trinajstić information content (AvgIpc) is 2.77. The predicted octanol–water partition coefficient (Wildman–Crippen LogP) is 1.18. The van der Waals surface area contributed by atoms with Crippen LogP contribution in [-0.4, -0.2) is 75.1 Å². The second-order valence-corrected chi connectivity index (χ2v) is 9.73. The number of benzene rings is 1. The van der Waals surface area contributed by atoms with Crippen LogP contribution in [0.2, 0.25) is 0 Å². The highest BCUT2D eigenvalue weighted by Crippen LogP contribution is 2.53. The number of hydrogen-bond donors (Lipinski definition) is 6. The van der Waals surface area contributed by atoms with E-state index in [4.69, 9.17) is 5.73 Å². The molecule has 188 valence electrons.